The van der Waals surface area contributed by atoms with Crippen LogP contribution < -0.4 is 14.6 Å². The number of methoxy groups -OCH3 is 1. The van der Waals surface area contributed by atoms with Crippen LogP contribution in [0.15, 0.2) is 46.8 Å². The van der Waals surface area contributed by atoms with E-state index in [1.165, 1.54) is 25.6 Å². The lowest BCUT2D eigenvalue weighted by molar-refractivity contribution is -0.307. The van der Waals surface area contributed by atoms with Crippen LogP contribution in [0.4, 0.5) is 0 Å². The molecule has 1 saturated carbocycles. The summed E-state index contributed by atoms with van der Waals surface area (Å²) in [7, 11) is 1.45. The van der Waals surface area contributed by atoms with Gasteiger partial charge in [0.1, 0.15) is 41.7 Å². The van der Waals surface area contributed by atoms with Crippen LogP contribution in [-0.2, 0) is 4.74 Å². The summed E-state index contributed by atoms with van der Waals surface area (Å²) in [5, 5.41) is 65.4. The number of carbonyl (C=O) groups excluding carboxylic acids is 1. The molecule has 0 aromatic heterocycles. The number of phenolic OH excluding ortho intramolecular Hbond substituents is 1. The third-order valence-electron chi connectivity index (χ3n) is 8.04. The summed E-state index contributed by atoms with van der Waals surface area (Å²) in [5.41, 5.74) is 1.22. The number of ketones is 1. The second kappa shape index (κ2) is 12.2. The molecule has 0 bridgehead atoms. The van der Waals surface area contributed by atoms with Crippen molar-refractivity contribution in [3.05, 3.63) is 52.9 Å². The number of ether oxygens (including phenoxy) is 3. The van der Waals surface area contributed by atoms with E-state index >= 15 is 0 Å². The molecule has 41 heavy (non-hydrogen) atoms. The molecular weight excluding hydrogens is 534 g/mol. The van der Waals surface area contributed by atoms with Crippen LogP contribution in [0, 0.1) is 0 Å². The van der Waals surface area contributed by atoms with Crippen molar-refractivity contribution in [2.24, 2.45) is 4.99 Å². The molecule has 2 heterocycles. The normalized spacial score (nSPS) is 27.5. The largest absolute Gasteiger partial charge is 0.875 e. The first-order valence-electron chi connectivity index (χ1n) is 13.7. The van der Waals surface area contributed by atoms with Crippen LogP contribution in [0.25, 0.3) is 10.8 Å². The number of nitrogens with zero attached hydrogens (tertiary/aromatic N) is 1. The van der Waals surface area contributed by atoms with Crippen LogP contribution >= 0.6 is 0 Å². The van der Waals surface area contributed by atoms with Crippen molar-refractivity contribution < 1.29 is 49.6 Å². The van der Waals surface area contributed by atoms with Crippen molar-refractivity contribution in [1.82, 2.24) is 0 Å². The van der Waals surface area contributed by atoms with Gasteiger partial charge in [0.2, 0.25) is 6.29 Å². The molecule has 0 radical (unpaired) electrons. The van der Waals surface area contributed by atoms with E-state index in [0.717, 1.165) is 25.7 Å². The number of rotatable bonds is 9. The molecule has 1 saturated heterocycles. The summed E-state index contributed by atoms with van der Waals surface area (Å²) in [6, 6.07) is 4.95. The topological polar surface area (TPSA) is 181 Å². The molecule has 5 atom stereocenters. The lowest BCUT2D eigenvalue weighted by atomic mass is 9.86. The van der Waals surface area contributed by atoms with Crippen LogP contribution in [0.1, 0.15) is 60.4 Å². The summed E-state index contributed by atoms with van der Waals surface area (Å²) >= 11 is 0. The average molecular weight is 569 g/mol. The van der Waals surface area contributed by atoms with E-state index in [4.69, 9.17) is 14.2 Å². The number of carbonyl (C=O) groups is 1. The fourth-order valence-corrected chi connectivity index (χ4v) is 5.78. The number of aliphatic hydroxyl groups excluding tert-OH is 4. The maximum atomic E-state index is 13.7. The Hall–Kier alpha value is -3.48. The van der Waals surface area contributed by atoms with E-state index in [0.29, 0.717) is 22.3 Å². The summed E-state index contributed by atoms with van der Waals surface area (Å²) in [6.45, 7) is -0.641. The van der Waals surface area contributed by atoms with Crippen molar-refractivity contribution in [2.45, 2.75) is 75.1 Å². The van der Waals surface area contributed by atoms with Gasteiger partial charge in [-0.2, -0.15) is 0 Å². The van der Waals surface area contributed by atoms with Gasteiger partial charge in [-0.15, -0.1) is 5.76 Å². The highest BCUT2D eigenvalue weighted by molar-refractivity contribution is 6.08. The van der Waals surface area contributed by atoms with E-state index in [1.807, 2.05) is 6.07 Å². The number of aliphatic imine (C=N–C) groups is 1. The minimum absolute atomic E-state index is 0.00728. The molecule has 2 aliphatic heterocycles. The quantitative estimate of drug-likeness (QED) is 0.220. The molecule has 2 aromatic rings. The molecule has 11 heteroatoms. The lowest BCUT2D eigenvalue weighted by Crippen LogP contribution is -2.60. The molecule has 220 valence electrons. The zero-order valence-electron chi connectivity index (χ0n) is 22.6. The Labute approximate surface area is 236 Å². The first kappa shape index (κ1) is 29.0. The Morgan fingerprint density at radius 1 is 1.10 bits per heavy atom. The minimum atomic E-state index is -1.69. The summed E-state index contributed by atoms with van der Waals surface area (Å²) in [4.78, 5) is 17.5. The van der Waals surface area contributed by atoms with Gasteiger partial charge >= 0.3 is 0 Å². The van der Waals surface area contributed by atoms with Gasteiger partial charge in [-0.25, -0.2) is 0 Å². The first-order chi connectivity index (χ1) is 19.7. The molecule has 2 fully saturated rings. The monoisotopic (exact) mass is 568 g/mol. The van der Waals surface area contributed by atoms with Crippen molar-refractivity contribution in [3.8, 4) is 17.2 Å². The molecule has 0 unspecified atom stereocenters. The van der Waals surface area contributed by atoms with E-state index in [9.17, 15) is 35.4 Å². The third kappa shape index (κ3) is 5.68. The Morgan fingerprint density at radius 2 is 1.85 bits per heavy atom. The lowest BCUT2D eigenvalue weighted by Gasteiger charge is -2.39. The zero-order chi connectivity index (χ0) is 29.3. The highest BCUT2D eigenvalue weighted by atomic mass is 16.7. The van der Waals surface area contributed by atoms with Gasteiger partial charge in [0, 0.05) is 24.9 Å². The van der Waals surface area contributed by atoms with Crippen LogP contribution in [-0.4, -0.2) is 82.0 Å². The highest BCUT2D eigenvalue weighted by Crippen LogP contribution is 2.46. The number of benzene rings is 2. The van der Waals surface area contributed by atoms with Gasteiger partial charge in [0.25, 0.3) is 0 Å². The Bertz CT molecular complexity index is 1380. The highest BCUT2D eigenvalue weighted by Gasteiger charge is 2.45. The molecule has 0 amide bonds. The molecule has 3 aliphatic rings. The molecule has 5 N–H and O–H groups in total. The minimum Gasteiger partial charge on any atom is -0.875 e. The fourth-order valence-electron chi connectivity index (χ4n) is 5.78. The molecule has 2 aromatic carbocycles. The van der Waals surface area contributed by atoms with E-state index < -0.39 is 43.1 Å². The Morgan fingerprint density at radius 3 is 2.51 bits per heavy atom. The van der Waals surface area contributed by atoms with Gasteiger partial charge in [-0.1, -0.05) is 12.8 Å². The van der Waals surface area contributed by atoms with Gasteiger partial charge < -0.3 is 44.8 Å². The maximum Gasteiger partial charge on any atom is 0.229 e. The third-order valence-corrected chi connectivity index (χ3v) is 8.04. The predicted octanol–water partition coefficient (Wildman–Crippen LogP) is 1.57. The summed E-state index contributed by atoms with van der Waals surface area (Å²) in [5.74, 6) is -0.558. The van der Waals surface area contributed by atoms with E-state index in [-0.39, 0.29) is 47.0 Å². The fraction of sp³-hybridized carbons (Fsp3) is 0.467. The summed E-state index contributed by atoms with van der Waals surface area (Å²) < 4.78 is 16.9. The van der Waals surface area contributed by atoms with Crippen LogP contribution in [0.2, 0.25) is 0 Å². The standard InChI is InChI=1S/C30H35NO10/c1-39-18-10-17-11-19(15-4-2-3-5-15)25(21(34)7-6-20(33)16-8-9-31-13-16)27(36)24(17)22(12-18)40-30-29(38)28(37)26(35)23(14-32)41-30/h8-13,15,23,26,28-30,32-33,35-38H,2-7,14H2,1H3/p-1/t23-,26-,28+,29-,30+/m1/s1. The molecule has 11 nitrogen and oxygen atoms in total. The molecule has 0 spiro atoms. The number of Topliss-reactive ketones (excluding diaryl/α,β-unsaturated/α-hetero) is 1. The molecular formula is C30H34NO10-. The van der Waals surface area contributed by atoms with Crippen molar-refractivity contribution in [1.29, 1.82) is 0 Å². The van der Waals surface area contributed by atoms with Crippen LogP contribution in [0.5, 0.6) is 17.2 Å². The predicted molar refractivity (Wildman–Crippen MR) is 146 cm³/mol. The maximum absolute atomic E-state index is 13.7. The number of fused-ring (bicyclic) bond motifs is 1. The van der Waals surface area contributed by atoms with Crippen molar-refractivity contribution >= 4 is 22.8 Å². The van der Waals surface area contributed by atoms with E-state index in [2.05, 4.69) is 4.99 Å². The number of aliphatic hydroxyl groups is 4. The Kier molecular flexibility index (Phi) is 8.62. The second-order valence-electron chi connectivity index (χ2n) is 10.6. The number of aromatic hydroxyl groups is 1. The van der Waals surface area contributed by atoms with Crippen molar-refractivity contribution in [3.63, 3.8) is 0 Å². The first-order valence-corrected chi connectivity index (χ1v) is 13.7. The van der Waals surface area contributed by atoms with E-state index in [1.54, 1.807) is 12.1 Å². The second-order valence-corrected chi connectivity index (χ2v) is 10.6. The van der Waals surface area contributed by atoms with Crippen molar-refractivity contribution in [2.75, 3.05) is 13.7 Å². The van der Waals surface area contributed by atoms with Crippen LogP contribution in [0.3, 0.4) is 0 Å². The number of phenols is 1. The van der Waals surface area contributed by atoms with Gasteiger partial charge in [-0.05, 0) is 59.9 Å². The SMILES string of the molecule is COc1cc(O[C@H]2O[C@H](CO)[C@@H](O)[C@H](O)[C@H]2O)c2c(O)c(C(=O)CCC([O-])=C3C=CN=C3)c(C3CCCC3)cc2c1. The van der Waals surface area contributed by atoms with Gasteiger partial charge in [0.15, 0.2) is 5.78 Å². The average Bonchev–Trinajstić information content (AvgIpc) is 3.71. The zero-order valence-corrected chi connectivity index (χ0v) is 22.6. The Balaban J connectivity index is 1.58. The van der Waals surface area contributed by atoms with Gasteiger partial charge in [-0.3, -0.25) is 9.79 Å². The number of allylic oxidation sites excluding steroid dienone is 3. The van der Waals surface area contributed by atoms with Gasteiger partial charge in [0.05, 0.1) is 24.7 Å². The summed E-state index contributed by atoms with van der Waals surface area (Å²) in [6.07, 6.45) is 0.378. The smallest absolute Gasteiger partial charge is 0.229 e. The number of hydrogen-bond donors (Lipinski definition) is 5. The molecule has 1 aliphatic carbocycles. The molecule has 5 rings (SSSR count). The number of hydrogen-bond acceptors (Lipinski definition) is 11.